The van der Waals surface area contributed by atoms with Crippen LogP contribution in [0.2, 0.25) is 0 Å². The van der Waals surface area contributed by atoms with E-state index in [1.54, 1.807) is 7.11 Å². The summed E-state index contributed by atoms with van der Waals surface area (Å²) in [6.45, 7) is 4.43. The molecule has 1 aromatic rings. The molecule has 0 saturated carbocycles. The van der Waals surface area contributed by atoms with E-state index in [4.69, 9.17) is 4.74 Å². The molecule has 0 spiro atoms. The predicted molar refractivity (Wildman–Crippen MR) is 61.5 cm³/mol. The van der Waals surface area contributed by atoms with Crippen molar-refractivity contribution in [3.8, 4) is 0 Å². The average molecular weight is 255 g/mol. The Morgan fingerprint density at radius 3 is 2.79 bits per heavy atom. The van der Waals surface area contributed by atoms with Crippen LogP contribution in [0, 0.1) is 12.8 Å². The Morgan fingerprint density at radius 1 is 1.43 bits per heavy atom. The van der Waals surface area contributed by atoms with Crippen molar-refractivity contribution in [1.29, 1.82) is 0 Å². The summed E-state index contributed by atoms with van der Waals surface area (Å²) in [6, 6.07) is 4.30. The molecule has 0 bridgehead atoms. The monoisotopic (exact) mass is 254 g/mol. The lowest BCUT2D eigenvalue weighted by Crippen LogP contribution is -2.05. The number of fused-ring (bicyclic) bond motifs is 1. The second-order valence-corrected chi connectivity index (χ2v) is 4.95. The van der Waals surface area contributed by atoms with E-state index in [-0.39, 0.29) is 6.10 Å². The fraction of sp³-hybridized carbons (Fsp3) is 0.500. The molecule has 0 fully saturated rings. The van der Waals surface area contributed by atoms with Gasteiger partial charge in [0.25, 0.3) is 0 Å². The normalized spacial score (nSPS) is 25.1. The standard InChI is InChI=1S/C12H15BrO/c1-7-4-5-10(13)11-9(7)6-8(2)12(11)14-3/h4-5,8,12H,6H2,1-3H3. The van der Waals surface area contributed by atoms with Gasteiger partial charge in [0.2, 0.25) is 0 Å². The van der Waals surface area contributed by atoms with E-state index < -0.39 is 0 Å². The first-order chi connectivity index (χ1) is 6.65. The van der Waals surface area contributed by atoms with Crippen LogP contribution in [0.25, 0.3) is 0 Å². The third-order valence-corrected chi connectivity index (χ3v) is 3.81. The summed E-state index contributed by atoms with van der Waals surface area (Å²) >= 11 is 3.61. The van der Waals surface area contributed by atoms with Crippen molar-refractivity contribution in [2.75, 3.05) is 7.11 Å². The minimum Gasteiger partial charge on any atom is -0.376 e. The number of halogens is 1. The Labute approximate surface area is 93.6 Å². The van der Waals surface area contributed by atoms with Crippen molar-refractivity contribution < 1.29 is 4.74 Å². The van der Waals surface area contributed by atoms with Crippen molar-refractivity contribution in [3.63, 3.8) is 0 Å². The summed E-state index contributed by atoms with van der Waals surface area (Å²) in [5.74, 6) is 0.590. The maximum Gasteiger partial charge on any atom is 0.0863 e. The molecule has 1 nitrogen and oxygen atoms in total. The SMILES string of the molecule is COC1c2c(Br)ccc(C)c2CC1C. The van der Waals surface area contributed by atoms with Crippen molar-refractivity contribution in [3.05, 3.63) is 33.3 Å². The molecule has 1 aromatic carbocycles. The molecule has 0 amide bonds. The zero-order valence-electron chi connectivity index (χ0n) is 8.80. The van der Waals surface area contributed by atoms with Crippen LogP contribution >= 0.6 is 15.9 Å². The van der Waals surface area contributed by atoms with Crippen LogP contribution < -0.4 is 0 Å². The van der Waals surface area contributed by atoms with Gasteiger partial charge in [-0.05, 0) is 42.0 Å². The third-order valence-electron chi connectivity index (χ3n) is 3.12. The maximum atomic E-state index is 5.56. The molecule has 1 aliphatic carbocycles. The number of hydrogen-bond donors (Lipinski definition) is 0. The van der Waals surface area contributed by atoms with Crippen molar-refractivity contribution >= 4 is 15.9 Å². The number of methoxy groups -OCH3 is 1. The van der Waals surface area contributed by atoms with Crippen LogP contribution in [0.4, 0.5) is 0 Å². The van der Waals surface area contributed by atoms with Gasteiger partial charge in [0.15, 0.2) is 0 Å². The summed E-state index contributed by atoms with van der Waals surface area (Å²) < 4.78 is 6.74. The largest absolute Gasteiger partial charge is 0.376 e. The molecule has 0 aromatic heterocycles. The first-order valence-corrected chi connectivity index (χ1v) is 5.75. The molecule has 0 aliphatic heterocycles. The van der Waals surface area contributed by atoms with E-state index in [9.17, 15) is 0 Å². The minimum absolute atomic E-state index is 0.263. The van der Waals surface area contributed by atoms with Crippen molar-refractivity contribution in [1.82, 2.24) is 0 Å². The van der Waals surface area contributed by atoms with Gasteiger partial charge in [-0.3, -0.25) is 0 Å². The predicted octanol–water partition coefficient (Wildman–Crippen LogP) is 3.64. The highest BCUT2D eigenvalue weighted by atomic mass is 79.9. The molecular weight excluding hydrogens is 240 g/mol. The van der Waals surface area contributed by atoms with Crippen LogP contribution in [-0.4, -0.2) is 7.11 Å². The second kappa shape index (κ2) is 3.67. The topological polar surface area (TPSA) is 9.23 Å². The smallest absolute Gasteiger partial charge is 0.0863 e. The van der Waals surface area contributed by atoms with E-state index >= 15 is 0 Å². The summed E-state index contributed by atoms with van der Waals surface area (Å²) in [4.78, 5) is 0. The fourth-order valence-electron chi connectivity index (χ4n) is 2.39. The lowest BCUT2D eigenvalue weighted by atomic mass is 10.0. The number of hydrogen-bond acceptors (Lipinski definition) is 1. The van der Waals surface area contributed by atoms with Crippen molar-refractivity contribution in [2.24, 2.45) is 5.92 Å². The quantitative estimate of drug-likeness (QED) is 0.744. The van der Waals surface area contributed by atoms with Crippen LogP contribution in [0.5, 0.6) is 0 Å². The molecule has 0 radical (unpaired) electrons. The summed E-state index contributed by atoms with van der Waals surface area (Å²) in [5, 5.41) is 0. The Kier molecular flexibility index (Phi) is 2.67. The molecule has 0 heterocycles. The Balaban J connectivity index is 2.57. The zero-order valence-corrected chi connectivity index (χ0v) is 10.4. The summed E-state index contributed by atoms with van der Waals surface area (Å²) in [6.07, 6.45) is 1.40. The van der Waals surface area contributed by atoms with Gasteiger partial charge in [0.05, 0.1) is 6.10 Å². The van der Waals surface area contributed by atoms with Crippen LogP contribution in [-0.2, 0) is 11.2 Å². The highest BCUT2D eigenvalue weighted by Gasteiger charge is 2.31. The first kappa shape index (κ1) is 10.2. The lowest BCUT2D eigenvalue weighted by Gasteiger charge is -2.15. The zero-order chi connectivity index (χ0) is 10.3. The van der Waals surface area contributed by atoms with Gasteiger partial charge in [0.1, 0.15) is 0 Å². The number of rotatable bonds is 1. The van der Waals surface area contributed by atoms with E-state index in [1.807, 2.05) is 0 Å². The maximum absolute atomic E-state index is 5.56. The highest BCUT2D eigenvalue weighted by Crippen LogP contribution is 2.43. The first-order valence-electron chi connectivity index (χ1n) is 4.95. The number of benzene rings is 1. The van der Waals surface area contributed by atoms with E-state index in [1.165, 1.54) is 21.2 Å². The van der Waals surface area contributed by atoms with E-state index in [2.05, 4.69) is 41.9 Å². The van der Waals surface area contributed by atoms with Gasteiger partial charge in [-0.25, -0.2) is 0 Å². The van der Waals surface area contributed by atoms with E-state index in [0.717, 1.165) is 6.42 Å². The molecule has 2 rings (SSSR count). The fourth-order valence-corrected chi connectivity index (χ4v) is 2.98. The number of ether oxygens (including phenoxy) is 1. The average Bonchev–Trinajstić information content (AvgIpc) is 2.50. The number of aryl methyl sites for hydroxylation is 1. The third kappa shape index (κ3) is 1.41. The van der Waals surface area contributed by atoms with Gasteiger partial charge >= 0.3 is 0 Å². The molecule has 1 aliphatic rings. The molecule has 0 N–H and O–H groups in total. The van der Waals surface area contributed by atoms with Crippen molar-refractivity contribution in [2.45, 2.75) is 26.4 Å². The summed E-state index contributed by atoms with van der Waals surface area (Å²) in [5.41, 5.74) is 4.22. The van der Waals surface area contributed by atoms with Gasteiger partial charge < -0.3 is 4.74 Å². The molecule has 0 saturated heterocycles. The van der Waals surface area contributed by atoms with Crippen LogP contribution in [0.1, 0.15) is 29.7 Å². The molecular formula is C12H15BrO. The van der Waals surface area contributed by atoms with Gasteiger partial charge in [-0.1, -0.05) is 28.9 Å². The van der Waals surface area contributed by atoms with E-state index in [0.29, 0.717) is 5.92 Å². The molecule has 76 valence electrons. The Bertz CT molecular complexity index is 360. The molecule has 2 heteroatoms. The molecule has 2 atom stereocenters. The Morgan fingerprint density at radius 2 is 2.14 bits per heavy atom. The minimum atomic E-state index is 0.263. The van der Waals surface area contributed by atoms with Crippen LogP contribution in [0.15, 0.2) is 16.6 Å². The second-order valence-electron chi connectivity index (χ2n) is 4.09. The molecule has 14 heavy (non-hydrogen) atoms. The van der Waals surface area contributed by atoms with Gasteiger partial charge in [0, 0.05) is 11.6 Å². The highest BCUT2D eigenvalue weighted by molar-refractivity contribution is 9.10. The Hall–Kier alpha value is -0.340. The summed E-state index contributed by atoms with van der Waals surface area (Å²) in [7, 11) is 1.80. The van der Waals surface area contributed by atoms with Crippen LogP contribution in [0.3, 0.4) is 0 Å². The van der Waals surface area contributed by atoms with Gasteiger partial charge in [-0.2, -0.15) is 0 Å². The van der Waals surface area contributed by atoms with Gasteiger partial charge in [-0.15, -0.1) is 0 Å². The molecule has 2 unspecified atom stereocenters. The lowest BCUT2D eigenvalue weighted by molar-refractivity contribution is 0.0690.